The number of nitrogens with one attached hydrogen (secondary N) is 1. The van der Waals surface area contributed by atoms with Crippen LogP contribution in [0.4, 0.5) is 18.9 Å². The van der Waals surface area contributed by atoms with E-state index in [1.807, 2.05) is 12.1 Å². The largest absolute Gasteiger partial charge is 0.433 e. The standard InChI is InChI=1S/C12H10F3N3/c13-12(14,15)11-5-4-10(8-18-11)17-7-9-3-1-2-6-16-9/h1-6,8,17H,7H2. The van der Waals surface area contributed by atoms with Gasteiger partial charge in [0.1, 0.15) is 5.69 Å². The molecule has 3 nitrogen and oxygen atoms in total. The van der Waals surface area contributed by atoms with Gasteiger partial charge in [0.2, 0.25) is 0 Å². The van der Waals surface area contributed by atoms with Crippen LogP contribution in [-0.2, 0) is 12.7 Å². The SMILES string of the molecule is FC(F)(F)c1ccc(NCc2ccccn2)cn1. The summed E-state index contributed by atoms with van der Waals surface area (Å²) < 4.78 is 36.8. The first-order valence-corrected chi connectivity index (χ1v) is 5.23. The predicted octanol–water partition coefficient (Wildman–Crippen LogP) is 3.11. The monoisotopic (exact) mass is 253 g/mol. The molecule has 0 bridgehead atoms. The zero-order valence-corrected chi connectivity index (χ0v) is 9.28. The van der Waals surface area contributed by atoms with Gasteiger partial charge in [0.25, 0.3) is 0 Å². The molecule has 2 aromatic rings. The number of alkyl halides is 3. The molecule has 2 aromatic heterocycles. The minimum Gasteiger partial charge on any atom is -0.378 e. The van der Waals surface area contributed by atoms with E-state index < -0.39 is 11.9 Å². The van der Waals surface area contributed by atoms with Gasteiger partial charge in [-0.2, -0.15) is 13.2 Å². The lowest BCUT2D eigenvalue weighted by atomic mass is 10.3. The van der Waals surface area contributed by atoms with Crippen molar-refractivity contribution in [3.05, 3.63) is 54.1 Å². The molecular weight excluding hydrogens is 243 g/mol. The second kappa shape index (κ2) is 5.03. The van der Waals surface area contributed by atoms with E-state index in [0.29, 0.717) is 12.2 Å². The molecule has 2 heterocycles. The van der Waals surface area contributed by atoms with Crippen LogP contribution in [0.1, 0.15) is 11.4 Å². The van der Waals surface area contributed by atoms with E-state index in [-0.39, 0.29) is 0 Å². The van der Waals surface area contributed by atoms with E-state index >= 15 is 0 Å². The number of pyridine rings is 2. The van der Waals surface area contributed by atoms with E-state index in [1.54, 1.807) is 12.3 Å². The molecule has 18 heavy (non-hydrogen) atoms. The molecule has 6 heteroatoms. The summed E-state index contributed by atoms with van der Waals surface area (Å²) in [4.78, 5) is 7.44. The van der Waals surface area contributed by atoms with Crippen LogP contribution in [0.2, 0.25) is 0 Å². The number of aromatic nitrogens is 2. The first-order chi connectivity index (χ1) is 8.55. The number of anilines is 1. The maximum atomic E-state index is 12.3. The Hall–Kier alpha value is -2.11. The summed E-state index contributed by atoms with van der Waals surface area (Å²) in [5, 5.41) is 2.95. The predicted molar refractivity (Wildman–Crippen MR) is 60.8 cm³/mol. The first kappa shape index (κ1) is 12.3. The fraction of sp³-hybridized carbons (Fsp3) is 0.167. The summed E-state index contributed by atoms with van der Waals surface area (Å²) in [6.07, 6.45) is -1.59. The molecule has 0 radical (unpaired) electrons. The molecule has 0 spiro atoms. The van der Waals surface area contributed by atoms with Crippen molar-refractivity contribution in [2.45, 2.75) is 12.7 Å². The lowest BCUT2D eigenvalue weighted by Gasteiger charge is -2.08. The topological polar surface area (TPSA) is 37.8 Å². The minimum absolute atomic E-state index is 0.438. The molecule has 2 rings (SSSR count). The quantitative estimate of drug-likeness (QED) is 0.913. The lowest BCUT2D eigenvalue weighted by molar-refractivity contribution is -0.141. The van der Waals surface area contributed by atoms with Crippen LogP contribution < -0.4 is 5.32 Å². The Bertz CT molecular complexity index is 494. The van der Waals surface area contributed by atoms with Crippen LogP contribution in [-0.4, -0.2) is 9.97 Å². The Balaban J connectivity index is 1.99. The summed E-state index contributed by atoms with van der Waals surface area (Å²) in [5.41, 5.74) is 0.428. The summed E-state index contributed by atoms with van der Waals surface area (Å²) >= 11 is 0. The van der Waals surface area contributed by atoms with Crippen molar-refractivity contribution >= 4 is 5.69 Å². The minimum atomic E-state index is -4.40. The van der Waals surface area contributed by atoms with Crippen molar-refractivity contribution in [2.75, 3.05) is 5.32 Å². The summed E-state index contributed by atoms with van der Waals surface area (Å²) in [6, 6.07) is 7.75. The van der Waals surface area contributed by atoms with Crippen molar-refractivity contribution in [2.24, 2.45) is 0 Å². The van der Waals surface area contributed by atoms with Crippen LogP contribution in [0.15, 0.2) is 42.7 Å². The van der Waals surface area contributed by atoms with Crippen molar-refractivity contribution in [3.8, 4) is 0 Å². The van der Waals surface area contributed by atoms with Crippen molar-refractivity contribution < 1.29 is 13.2 Å². The Morgan fingerprint density at radius 1 is 1.06 bits per heavy atom. The highest BCUT2D eigenvalue weighted by atomic mass is 19.4. The normalized spacial score (nSPS) is 11.3. The third-order valence-electron chi connectivity index (χ3n) is 2.25. The van der Waals surface area contributed by atoms with Gasteiger partial charge in [0.15, 0.2) is 0 Å². The third-order valence-corrected chi connectivity index (χ3v) is 2.25. The number of halogens is 3. The third kappa shape index (κ3) is 3.19. The Morgan fingerprint density at radius 2 is 1.89 bits per heavy atom. The molecule has 0 aliphatic rings. The molecule has 0 aromatic carbocycles. The van der Waals surface area contributed by atoms with E-state index in [1.165, 1.54) is 6.07 Å². The second-order valence-corrected chi connectivity index (χ2v) is 3.60. The highest BCUT2D eigenvalue weighted by Crippen LogP contribution is 2.27. The maximum Gasteiger partial charge on any atom is 0.433 e. The smallest absolute Gasteiger partial charge is 0.378 e. The first-order valence-electron chi connectivity index (χ1n) is 5.23. The van der Waals surface area contributed by atoms with Crippen molar-refractivity contribution in [3.63, 3.8) is 0 Å². The van der Waals surface area contributed by atoms with Gasteiger partial charge in [-0.15, -0.1) is 0 Å². The molecule has 0 aliphatic heterocycles. The Labute approximate surface area is 102 Å². The lowest BCUT2D eigenvalue weighted by Crippen LogP contribution is -2.08. The van der Waals surface area contributed by atoms with Gasteiger partial charge in [-0.3, -0.25) is 4.98 Å². The average molecular weight is 253 g/mol. The van der Waals surface area contributed by atoms with Gasteiger partial charge < -0.3 is 5.32 Å². The summed E-state index contributed by atoms with van der Waals surface area (Å²) in [6.45, 7) is 0.438. The molecule has 0 aliphatic carbocycles. The van der Waals surface area contributed by atoms with E-state index in [4.69, 9.17) is 0 Å². The van der Waals surface area contributed by atoms with E-state index in [2.05, 4.69) is 15.3 Å². The Morgan fingerprint density at radius 3 is 2.44 bits per heavy atom. The molecule has 0 saturated carbocycles. The van der Waals surface area contributed by atoms with Gasteiger partial charge in [0.05, 0.1) is 24.1 Å². The molecule has 0 atom stereocenters. The van der Waals surface area contributed by atoms with E-state index in [9.17, 15) is 13.2 Å². The van der Waals surface area contributed by atoms with Crippen LogP contribution in [0, 0.1) is 0 Å². The molecule has 0 amide bonds. The number of hydrogen-bond donors (Lipinski definition) is 1. The molecule has 0 unspecified atom stereocenters. The highest BCUT2D eigenvalue weighted by molar-refractivity contribution is 5.41. The van der Waals surface area contributed by atoms with Crippen LogP contribution in [0.25, 0.3) is 0 Å². The van der Waals surface area contributed by atoms with E-state index in [0.717, 1.165) is 18.0 Å². The number of rotatable bonds is 3. The average Bonchev–Trinajstić information content (AvgIpc) is 2.37. The highest BCUT2D eigenvalue weighted by Gasteiger charge is 2.31. The fourth-order valence-corrected chi connectivity index (χ4v) is 1.36. The van der Waals surface area contributed by atoms with Crippen molar-refractivity contribution in [1.82, 2.24) is 9.97 Å². The maximum absolute atomic E-state index is 12.3. The molecule has 0 fully saturated rings. The summed E-state index contributed by atoms with van der Waals surface area (Å²) in [7, 11) is 0. The molecule has 0 saturated heterocycles. The van der Waals surface area contributed by atoms with Gasteiger partial charge >= 0.3 is 6.18 Å². The van der Waals surface area contributed by atoms with Gasteiger partial charge in [-0.1, -0.05) is 6.07 Å². The van der Waals surface area contributed by atoms with Crippen LogP contribution >= 0.6 is 0 Å². The van der Waals surface area contributed by atoms with Crippen LogP contribution in [0.3, 0.4) is 0 Å². The fourth-order valence-electron chi connectivity index (χ4n) is 1.36. The molecule has 94 valence electrons. The molecule has 1 N–H and O–H groups in total. The number of hydrogen-bond acceptors (Lipinski definition) is 3. The van der Waals surface area contributed by atoms with Crippen LogP contribution in [0.5, 0.6) is 0 Å². The second-order valence-electron chi connectivity index (χ2n) is 3.60. The number of nitrogens with zero attached hydrogens (tertiary/aromatic N) is 2. The zero-order valence-electron chi connectivity index (χ0n) is 9.28. The van der Waals surface area contributed by atoms with Gasteiger partial charge in [0, 0.05) is 6.20 Å². The Kier molecular flexibility index (Phi) is 3.45. The zero-order chi connectivity index (χ0) is 13.0. The molecular formula is C12H10F3N3. The summed E-state index contributed by atoms with van der Waals surface area (Å²) in [5.74, 6) is 0. The van der Waals surface area contributed by atoms with Crippen molar-refractivity contribution in [1.29, 1.82) is 0 Å². The van der Waals surface area contributed by atoms with Gasteiger partial charge in [-0.05, 0) is 24.3 Å². The van der Waals surface area contributed by atoms with Gasteiger partial charge in [-0.25, -0.2) is 4.98 Å².